The van der Waals surface area contributed by atoms with Crippen molar-refractivity contribution in [2.75, 3.05) is 37.5 Å². The lowest BCUT2D eigenvalue weighted by Gasteiger charge is -2.46. The van der Waals surface area contributed by atoms with Crippen LogP contribution in [0.4, 0.5) is 10.5 Å². The van der Waals surface area contributed by atoms with Gasteiger partial charge in [-0.3, -0.25) is 4.72 Å². The molecule has 0 saturated carbocycles. The number of halogens is 2. The molecule has 0 radical (unpaired) electrons. The van der Waals surface area contributed by atoms with Crippen molar-refractivity contribution in [3.05, 3.63) is 52.6 Å². The largest absolute Gasteiger partial charge is 0.444 e. The molecule has 0 aliphatic carbocycles. The smallest absolute Gasteiger partial charge is 0.410 e. The number of H-pyrrole nitrogens is 1. The van der Waals surface area contributed by atoms with Crippen molar-refractivity contribution < 1.29 is 31.1 Å². The molecule has 3 aromatic rings. The number of rotatable bonds is 5. The molecular formula is C27H32Cl2N4O7S2. The van der Waals surface area contributed by atoms with E-state index in [0.29, 0.717) is 46.9 Å². The molecule has 5 rings (SSSR count). The molecule has 228 valence electrons. The summed E-state index contributed by atoms with van der Waals surface area (Å²) < 4.78 is 68.8. The molecule has 2 N–H and O–H groups in total. The Morgan fingerprint density at radius 2 is 1.62 bits per heavy atom. The van der Waals surface area contributed by atoms with Crippen molar-refractivity contribution in [1.82, 2.24) is 14.2 Å². The van der Waals surface area contributed by atoms with E-state index in [2.05, 4.69) is 9.71 Å². The van der Waals surface area contributed by atoms with Gasteiger partial charge >= 0.3 is 6.09 Å². The lowest BCUT2D eigenvalue weighted by atomic mass is 9.90. The number of likely N-dealkylation sites (tertiary alicyclic amines) is 1. The minimum atomic E-state index is -4.07. The van der Waals surface area contributed by atoms with Gasteiger partial charge in [0.2, 0.25) is 10.0 Å². The second kappa shape index (κ2) is 11.2. The lowest BCUT2D eigenvalue weighted by Crippen LogP contribution is -2.58. The molecule has 1 spiro atoms. The van der Waals surface area contributed by atoms with Crippen molar-refractivity contribution in [3.8, 4) is 0 Å². The van der Waals surface area contributed by atoms with E-state index in [1.165, 1.54) is 46.9 Å². The fourth-order valence-corrected chi connectivity index (χ4v) is 8.27. The van der Waals surface area contributed by atoms with E-state index in [1.807, 2.05) is 0 Å². The monoisotopic (exact) mass is 658 g/mol. The highest BCUT2D eigenvalue weighted by Gasteiger charge is 2.44. The van der Waals surface area contributed by atoms with Gasteiger partial charge in [-0.2, -0.15) is 4.31 Å². The number of anilines is 1. The highest BCUT2D eigenvalue weighted by Crippen LogP contribution is 2.36. The number of sulfonamides is 2. The van der Waals surface area contributed by atoms with Crippen LogP contribution in [0.25, 0.3) is 10.9 Å². The number of ether oxygens (including phenoxy) is 2. The summed E-state index contributed by atoms with van der Waals surface area (Å²) in [6, 6.07) is 8.10. The molecule has 2 saturated heterocycles. The summed E-state index contributed by atoms with van der Waals surface area (Å²) in [7, 11) is -8.01. The molecule has 2 aliphatic heterocycles. The molecule has 0 bridgehead atoms. The zero-order valence-corrected chi connectivity index (χ0v) is 26.5. The molecule has 15 heteroatoms. The number of benzene rings is 2. The molecule has 11 nitrogen and oxygen atoms in total. The second-order valence-electron chi connectivity index (χ2n) is 11.4. The molecule has 2 aliphatic rings. The highest BCUT2D eigenvalue weighted by molar-refractivity contribution is 7.92. The van der Waals surface area contributed by atoms with Gasteiger partial charge in [0.25, 0.3) is 10.0 Å². The molecule has 0 unspecified atom stereocenters. The summed E-state index contributed by atoms with van der Waals surface area (Å²) in [6.07, 6.45) is 2.03. The molecule has 2 fully saturated rings. The Labute approximate surface area is 255 Å². The van der Waals surface area contributed by atoms with Gasteiger partial charge in [-0.05, 0) is 70.0 Å². The summed E-state index contributed by atoms with van der Waals surface area (Å²) in [4.78, 5) is 16.8. The topological polar surface area (TPSA) is 138 Å². The fourth-order valence-electron chi connectivity index (χ4n) is 5.14. The summed E-state index contributed by atoms with van der Waals surface area (Å²) in [5, 5.41) is 1.20. The Bertz CT molecular complexity index is 1710. The number of carbonyl (C=O) groups is 1. The number of hydrogen-bond donors (Lipinski definition) is 2. The van der Waals surface area contributed by atoms with E-state index in [4.69, 9.17) is 32.7 Å². The van der Waals surface area contributed by atoms with E-state index in [0.717, 1.165) is 0 Å². The van der Waals surface area contributed by atoms with Gasteiger partial charge in [0.05, 0.1) is 43.2 Å². The Morgan fingerprint density at radius 3 is 2.26 bits per heavy atom. The first-order chi connectivity index (χ1) is 19.6. The third-order valence-corrected chi connectivity index (χ3v) is 11.1. The summed E-state index contributed by atoms with van der Waals surface area (Å²) in [6.45, 7) is 6.68. The van der Waals surface area contributed by atoms with Crippen LogP contribution in [0.15, 0.2) is 52.4 Å². The Balaban J connectivity index is 1.28. The number of fused-ring (bicyclic) bond motifs is 1. The number of nitrogens with one attached hydrogen (secondary N) is 2. The lowest BCUT2D eigenvalue weighted by molar-refractivity contribution is -0.118. The van der Waals surface area contributed by atoms with Gasteiger partial charge in [-0.25, -0.2) is 21.6 Å². The zero-order chi connectivity index (χ0) is 30.5. The van der Waals surface area contributed by atoms with Gasteiger partial charge in [-0.15, -0.1) is 0 Å². The number of hydrogen-bond acceptors (Lipinski definition) is 7. The number of amides is 1. The molecule has 1 aromatic heterocycles. The standard InChI is InChI=1S/C27H32Cl2N4O7S2/c1-26(2,3)40-25(34)32-12-10-27(11-13-32)17-33(14-15-39-27)42(37,38)19-6-4-18(5-7-19)41(35,36)31-22-9-8-20(28)23-21(29)16-30-24(22)23/h4-9,16,30-31H,10-15,17H2,1-3H3. The van der Waals surface area contributed by atoms with Gasteiger partial charge in [-0.1, -0.05) is 23.2 Å². The van der Waals surface area contributed by atoms with Crippen molar-refractivity contribution >= 4 is 65.9 Å². The molecule has 42 heavy (non-hydrogen) atoms. The van der Waals surface area contributed by atoms with Crippen LogP contribution in [0.3, 0.4) is 0 Å². The van der Waals surface area contributed by atoms with Crippen LogP contribution >= 0.6 is 23.2 Å². The normalized spacial score (nSPS) is 18.4. The van der Waals surface area contributed by atoms with Gasteiger partial charge < -0.3 is 19.4 Å². The van der Waals surface area contributed by atoms with Crippen LogP contribution in [0.5, 0.6) is 0 Å². The minimum Gasteiger partial charge on any atom is -0.444 e. The van der Waals surface area contributed by atoms with Crippen LogP contribution < -0.4 is 4.72 Å². The van der Waals surface area contributed by atoms with Gasteiger partial charge in [0.1, 0.15) is 5.60 Å². The van der Waals surface area contributed by atoms with E-state index in [1.54, 1.807) is 25.7 Å². The molecule has 1 amide bonds. The number of aromatic nitrogens is 1. The fraction of sp³-hybridized carbons (Fsp3) is 0.444. The predicted molar refractivity (Wildman–Crippen MR) is 160 cm³/mol. The van der Waals surface area contributed by atoms with Gasteiger partial charge in [0, 0.05) is 37.8 Å². The third-order valence-electron chi connectivity index (χ3n) is 7.29. The zero-order valence-electron chi connectivity index (χ0n) is 23.3. The van der Waals surface area contributed by atoms with Crippen molar-refractivity contribution in [2.45, 2.75) is 54.6 Å². The van der Waals surface area contributed by atoms with E-state index >= 15 is 0 Å². The molecular weight excluding hydrogens is 627 g/mol. The minimum absolute atomic E-state index is 0.0327. The third kappa shape index (κ3) is 6.22. The van der Waals surface area contributed by atoms with E-state index in [9.17, 15) is 21.6 Å². The Kier molecular flexibility index (Phi) is 8.22. The number of aromatic amines is 1. The van der Waals surface area contributed by atoms with Crippen LogP contribution in [0, 0.1) is 0 Å². The molecule has 2 aromatic carbocycles. The summed E-state index contributed by atoms with van der Waals surface area (Å²) >= 11 is 12.4. The summed E-state index contributed by atoms with van der Waals surface area (Å²) in [5.74, 6) is 0. The molecule has 0 atom stereocenters. The average molecular weight is 660 g/mol. The van der Waals surface area contributed by atoms with Crippen LogP contribution in [-0.2, 0) is 29.5 Å². The Morgan fingerprint density at radius 1 is 0.976 bits per heavy atom. The van der Waals surface area contributed by atoms with Crippen LogP contribution in [0.2, 0.25) is 10.0 Å². The first kappa shape index (κ1) is 30.9. The van der Waals surface area contributed by atoms with Crippen molar-refractivity contribution in [1.29, 1.82) is 0 Å². The number of piperidine rings is 1. The molecule has 3 heterocycles. The SMILES string of the molecule is CC(C)(C)OC(=O)N1CCC2(CC1)CN(S(=O)(=O)c1ccc(S(=O)(=O)Nc3ccc(Cl)c4c(Cl)c[nH]c34)cc1)CCO2. The number of carbonyl (C=O) groups excluding carboxylic acids is 1. The first-order valence-electron chi connectivity index (χ1n) is 13.3. The first-order valence-corrected chi connectivity index (χ1v) is 17.0. The number of morpholine rings is 1. The second-order valence-corrected chi connectivity index (χ2v) is 15.8. The number of nitrogens with zero attached hydrogens (tertiary/aromatic N) is 2. The van der Waals surface area contributed by atoms with Gasteiger partial charge in [0.15, 0.2) is 0 Å². The van der Waals surface area contributed by atoms with Crippen LogP contribution in [-0.4, -0.2) is 81.1 Å². The van der Waals surface area contributed by atoms with Crippen molar-refractivity contribution in [3.63, 3.8) is 0 Å². The maximum atomic E-state index is 13.6. The average Bonchev–Trinajstić information content (AvgIpc) is 3.32. The van der Waals surface area contributed by atoms with Crippen LogP contribution in [0.1, 0.15) is 33.6 Å². The predicted octanol–water partition coefficient (Wildman–Crippen LogP) is 5.07. The Hall–Kier alpha value is -2.55. The maximum absolute atomic E-state index is 13.6. The van der Waals surface area contributed by atoms with E-state index in [-0.39, 0.29) is 35.2 Å². The van der Waals surface area contributed by atoms with Crippen molar-refractivity contribution in [2.24, 2.45) is 0 Å². The highest BCUT2D eigenvalue weighted by atomic mass is 35.5. The quantitative estimate of drug-likeness (QED) is 0.390. The maximum Gasteiger partial charge on any atom is 0.410 e. The van der Waals surface area contributed by atoms with E-state index < -0.39 is 37.3 Å². The summed E-state index contributed by atoms with van der Waals surface area (Å²) in [5.41, 5.74) is -0.660.